The number of ether oxygens (including phenoxy) is 1. The standard InChI is InChI=1S/C15H22N2O4S/c1-12(17-7-9-21-10-8-17)11-16-15(18)13-3-5-14(6-4-13)22(2,19)20/h3-6,12H,7-11H2,1-2H3,(H,16,18). The Hall–Kier alpha value is -1.44. The van der Waals surface area contributed by atoms with Crippen LogP contribution in [0.15, 0.2) is 29.2 Å². The maximum Gasteiger partial charge on any atom is 0.251 e. The van der Waals surface area contributed by atoms with Gasteiger partial charge in [-0.2, -0.15) is 0 Å². The molecule has 22 heavy (non-hydrogen) atoms. The van der Waals surface area contributed by atoms with Crippen molar-refractivity contribution < 1.29 is 17.9 Å². The van der Waals surface area contributed by atoms with Crippen LogP contribution in [-0.2, 0) is 14.6 Å². The number of carbonyl (C=O) groups is 1. The van der Waals surface area contributed by atoms with Crippen LogP contribution in [0.3, 0.4) is 0 Å². The van der Waals surface area contributed by atoms with Crippen molar-refractivity contribution in [3.8, 4) is 0 Å². The molecule has 1 saturated heterocycles. The van der Waals surface area contributed by atoms with E-state index in [1.54, 1.807) is 0 Å². The minimum atomic E-state index is -3.24. The van der Waals surface area contributed by atoms with E-state index < -0.39 is 9.84 Å². The van der Waals surface area contributed by atoms with Crippen LogP contribution in [-0.4, -0.2) is 64.4 Å². The SMILES string of the molecule is CC(CNC(=O)c1ccc(S(C)(=O)=O)cc1)N1CCOCC1. The summed E-state index contributed by atoms with van der Waals surface area (Å²) in [6, 6.07) is 6.21. The van der Waals surface area contributed by atoms with Crippen molar-refractivity contribution in [2.75, 3.05) is 39.1 Å². The normalized spacial score (nSPS) is 17.9. The van der Waals surface area contributed by atoms with Gasteiger partial charge in [-0.05, 0) is 31.2 Å². The number of carbonyl (C=O) groups excluding carboxylic acids is 1. The van der Waals surface area contributed by atoms with Crippen molar-refractivity contribution in [2.45, 2.75) is 17.9 Å². The molecule has 1 aliphatic rings. The number of hydrogen-bond acceptors (Lipinski definition) is 5. The molecule has 2 rings (SSSR count). The number of amides is 1. The summed E-state index contributed by atoms with van der Waals surface area (Å²) in [6.45, 7) is 5.82. The molecule has 1 aromatic carbocycles. The molecule has 122 valence electrons. The molecule has 0 bridgehead atoms. The number of morpholine rings is 1. The molecule has 1 amide bonds. The number of benzene rings is 1. The molecule has 1 aromatic rings. The summed E-state index contributed by atoms with van der Waals surface area (Å²) >= 11 is 0. The minimum Gasteiger partial charge on any atom is -0.379 e. The second-order valence-electron chi connectivity index (χ2n) is 5.50. The number of rotatable bonds is 5. The highest BCUT2D eigenvalue weighted by Crippen LogP contribution is 2.10. The third kappa shape index (κ3) is 4.53. The van der Waals surface area contributed by atoms with E-state index in [0.717, 1.165) is 32.6 Å². The Labute approximate surface area is 131 Å². The van der Waals surface area contributed by atoms with Gasteiger partial charge in [-0.15, -0.1) is 0 Å². The molecule has 1 heterocycles. The summed E-state index contributed by atoms with van der Waals surface area (Å²) in [4.78, 5) is 14.6. The molecule has 0 aromatic heterocycles. The predicted molar refractivity (Wildman–Crippen MR) is 83.7 cm³/mol. The smallest absolute Gasteiger partial charge is 0.251 e. The summed E-state index contributed by atoms with van der Waals surface area (Å²) in [5, 5.41) is 2.88. The van der Waals surface area contributed by atoms with Crippen LogP contribution >= 0.6 is 0 Å². The van der Waals surface area contributed by atoms with Crippen LogP contribution in [0.2, 0.25) is 0 Å². The van der Waals surface area contributed by atoms with E-state index in [1.165, 1.54) is 24.3 Å². The van der Waals surface area contributed by atoms with Gasteiger partial charge in [0.15, 0.2) is 9.84 Å². The first-order chi connectivity index (χ1) is 10.4. The Morgan fingerprint density at radius 1 is 1.27 bits per heavy atom. The summed E-state index contributed by atoms with van der Waals surface area (Å²) in [5.41, 5.74) is 0.460. The predicted octanol–water partition coefficient (Wildman–Crippen LogP) is 0.541. The van der Waals surface area contributed by atoms with Gasteiger partial charge in [0.1, 0.15) is 0 Å². The highest BCUT2D eigenvalue weighted by atomic mass is 32.2. The van der Waals surface area contributed by atoms with Gasteiger partial charge < -0.3 is 10.1 Å². The Morgan fingerprint density at radius 2 is 1.86 bits per heavy atom. The van der Waals surface area contributed by atoms with E-state index in [0.29, 0.717) is 12.1 Å². The van der Waals surface area contributed by atoms with E-state index in [2.05, 4.69) is 17.1 Å². The first-order valence-corrected chi connectivity index (χ1v) is 9.17. The number of nitrogens with zero attached hydrogens (tertiary/aromatic N) is 1. The first-order valence-electron chi connectivity index (χ1n) is 7.28. The zero-order chi connectivity index (χ0) is 16.2. The van der Waals surface area contributed by atoms with E-state index >= 15 is 0 Å². The zero-order valence-electron chi connectivity index (χ0n) is 12.9. The van der Waals surface area contributed by atoms with Crippen LogP contribution in [0.25, 0.3) is 0 Å². The lowest BCUT2D eigenvalue weighted by molar-refractivity contribution is 0.0204. The highest BCUT2D eigenvalue weighted by molar-refractivity contribution is 7.90. The topological polar surface area (TPSA) is 75.7 Å². The molecule has 0 spiro atoms. The summed E-state index contributed by atoms with van der Waals surface area (Å²) in [5.74, 6) is -0.194. The van der Waals surface area contributed by atoms with Gasteiger partial charge in [0.05, 0.1) is 18.1 Å². The average molecular weight is 326 g/mol. The van der Waals surface area contributed by atoms with E-state index in [-0.39, 0.29) is 16.8 Å². The maximum atomic E-state index is 12.1. The average Bonchev–Trinajstić information content (AvgIpc) is 2.52. The monoisotopic (exact) mass is 326 g/mol. The van der Waals surface area contributed by atoms with Crippen LogP contribution in [0.1, 0.15) is 17.3 Å². The summed E-state index contributed by atoms with van der Waals surface area (Å²) < 4.78 is 28.1. The molecule has 0 aliphatic carbocycles. The van der Waals surface area contributed by atoms with Crippen LogP contribution < -0.4 is 5.32 Å². The van der Waals surface area contributed by atoms with Crippen molar-refractivity contribution >= 4 is 15.7 Å². The Kier molecular flexibility index (Phi) is 5.55. The van der Waals surface area contributed by atoms with Gasteiger partial charge in [0.2, 0.25) is 0 Å². The number of sulfone groups is 1. The third-order valence-electron chi connectivity index (χ3n) is 3.77. The van der Waals surface area contributed by atoms with Gasteiger partial charge in [-0.25, -0.2) is 8.42 Å². The molecule has 7 heteroatoms. The lowest BCUT2D eigenvalue weighted by Crippen LogP contribution is -2.47. The summed E-state index contributed by atoms with van der Waals surface area (Å²) in [6.07, 6.45) is 1.14. The quantitative estimate of drug-likeness (QED) is 0.855. The number of hydrogen-bond donors (Lipinski definition) is 1. The lowest BCUT2D eigenvalue weighted by atomic mass is 10.2. The zero-order valence-corrected chi connectivity index (χ0v) is 13.7. The molecular formula is C15H22N2O4S. The second kappa shape index (κ2) is 7.21. The Morgan fingerprint density at radius 3 is 2.41 bits per heavy atom. The summed E-state index contributed by atoms with van der Waals surface area (Å²) in [7, 11) is -3.24. The third-order valence-corrected chi connectivity index (χ3v) is 4.90. The Balaban J connectivity index is 1.89. The van der Waals surface area contributed by atoms with E-state index in [4.69, 9.17) is 4.74 Å². The minimum absolute atomic E-state index is 0.194. The fourth-order valence-electron chi connectivity index (χ4n) is 2.34. The molecule has 0 radical (unpaired) electrons. The van der Waals surface area contributed by atoms with Crippen molar-refractivity contribution in [2.24, 2.45) is 0 Å². The lowest BCUT2D eigenvalue weighted by Gasteiger charge is -2.32. The molecule has 1 N–H and O–H groups in total. The van der Waals surface area contributed by atoms with Crippen molar-refractivity contribution in [3.63, 3.8) is 0 Å². The first kappa shape index (κ1) is 16.9. The molecule has 1 unspecified atom stereocenters. The molecule has 1 fully saturated rings. The van der Waals surface area contributed by atoms with Gasteiger partial charge >= 0.3 is 0 Å². The number of nitrogens with one attached hydrogen (secondary N) is 1. The van der Waals surface area contributed by atoms with Gasteiger partial charge in [-0.3, -0.25) is 9.69 Å². The van der Waals surface area contributed by atoms with Crippen molar-refractivity contribution in [3.05, 3.63) is 29.8 Å². The molecular weight excluding hydrogens is 304 g/mol. The van der Waals surface area contributed by atoms with Gasteiger partial charge in [-0.1, -0.05) is 0 Å². The molecule has 1 atom stereocenters. The second-order valence-corrected chi connectivity index (χ2v) is 7.52. The fraction of sp³-hybridized carbons (Fsp3) is 0.533. The molecule has 1 aliphatic heterocycles. The van der Waals surface area contributed by atoms with E-state index in [9.17, 15) is 13.2 Å². The van der Waals surface area contributed by atoms with Crippen LogP contribution in [0.5, 0.6) is 0 Å². The van der Waals surface area contributed by atoms with Crippen molar-refractivity contribution in [1.82, 2.24) is 10.2 Å². The van der Waals surface area contributed by atoms with Gasteiger partial charge in [0.25, 0.3) is 5.91 Å². The fourth-order valence-corrected chi connectivity index (χ4v) is 2.97. The van der Waals surface area contributed by atoms with E-state index in [1.807, 2.05) is 0 Å². The van der Waals surface area contributed by atoms with Gasteiger partial charge in [0, 0.05) is 37.5 Å². The maximum absolute atomic E-state index is 12.1. The molecule has 0 saturated carbocycles. The van der Waals surface area contributed by atoms with Crippen molar-refractivity contribution in [1.29, 1.82) is 0 Å². The highest BCUT2D eigenvalue weighted by Gasteiger charge is 2.18. The Bertz CT molecular complexity index is 607. The van der Waals surface area contributed by atoms with Crippen LogP contribution in [0.4, 0.5) is 0 Å². The molecule has 6 nitrogen and oxygen atoms in total. The van der Waals surface area contributed by atoms with Crippen LogP contribution in [0, 0.1) is 0 Å². The largest absolute Gasteiger partial charge is 0.379 e.